The van der Waals surface area contributed by atoms with Gasteiger partial charge in [0, 0.05) is 29.6 Å². The summed E-state index contributed by atoms with van der Waals surface area (Å²) in [6.07, 6.45) is -1.87. The summed E-state index contributed by atoms with van der Waals surface area (Å²) in [4.78, 5) is 22.7. The smallest absolute Gasteiger partial charge is 0.349 e. The number of nitrogens with one attached hydrogen (secondary N) is 1. The third kappa shape index (κ3) is 5.48. The second-order valence-electron chi connectivity index (χ2n) is 8.52. The average molecular weight is 559 g/mol. The maximum atomic E-state index is 14.3. The molecule has 1 aliphatic heterocycles. The molecule has 0 spiro atoms. The van der Waals surface area contributed by atoms with Crippen molar-refractivity contribution in [3.63, 3.8) is 0 Å². The number of rotatable bonds is 6. The lowest BCUT2D eigenvalue weighted by Gasteiger charge is -2.27. The lowest BCUT2D eigenvalue weighted by Crippen LogP contribution is -2.48. The number of pyridine rings is 1. The number of carbonyl (C=O) groups excluding carboxylic acids is 1. The molecule has 2 aromatic heterocycles. The maximum Gasteiger partial charge on any atom is 0.451 e. The van der Waals surface area contributed by atoms with Crippen LogP contribution in [0.3, 0.4) is 0 Å². The van der Waals surface area contributed by atoms with Gasteiger partial charge in [-0.25, -0.2) is 31.6 Å². The molecule has 0 unspecified atom stereocenters. The average Bonchev–Trinajstić information content (AvgIpc) is 3.26. The lowest BCUT2D eigenvalue weighted by atomic mass is 10.1. The predicted molar refractivity (Wildman–Crippen MR) is 120 cm³/mol. The highest BCUT2D eigenvalue weighted by Gasteiger charge is 2.44. The number of aromatic nitrogens is 3. The summed E-state index contributed by atoms with van der Waals surface area (Å²) >= 11 is 0. The zero-order valence-corrected chi connectivity index (χ0v) is 20.3. The Balaban J connectivity index is 1.51. The number of sulfonamides is 1. The van der Waals surface area contributed by atoms with E-state index in [1.54, 1.807) is 6.92 Å². The van der Waals surface area contributed by atoms with Crippen molar-refractivity contribution in [3.05, 3.63) is 71.8 Å². The topological polar surface area (TPSA) is 105 Å². The first kappa shape index (κ1) is 27.4. The van der Waals surface area contributed by atoms with Crippen LogP contribution in [0.4, 0.5) is 26.3 Å². The SMILES string of the molecule is C[C@H]1CC[C@@H](C(=O)NCc2cc(-c3cnc(C(F)(F)F)nc3)c(F)cn2)N1S(=O)(=O)c1ccc(F)c(F)c1. The summed E-state index contributed by atoms with van der Waals surface area (Å²) in [6.45, 7) is 1.31. The Morgan fingerprint density at radius 2 is 1.68 bits per heavy atom. The maximum absolute atomic E-state index is 14.3. The number of hydrogen-bond donors (Lipinski definition) is 1. The summed E-state index contributed by atoms with van der Waals surface area (Å²) in [5, 5.41) is 2.52. The Hall–Kier alpha value is -3.59. The fourth-order valence-electron chi connectivity index (χ4n) is 4.08. The standard InChI is InChI=1S/C23H19F6N5O3S/c1-12-2-5-20(34(12)38(36,37)15-3-4-17(24)18(25)7-15)21(35)31-10-14-6-16(19(26)11-30-14)13-8-32-22(33-9-13)23(27,28)29/h3-4,6-9,11-12,20H,2,5,10H2,1H3,(H,31,35)/t12-,20-/m0/s1. The number of carbonyl (C=O) groups is 1. The van der Waals surface area contributed by atoms with E-state index in [9.17, 15) is 39.6 Å². The Morgan fingerprint density at radius 3 is 2.32 bits per heavy atom. The summed E-state index contributed by atoms with van der Waals surface area (Å²) in [6, 6.07) is 1.54. The van der Waals surface area contributed by atoms with Crippen LogP contribution in [-0.4, -0.2) is 45.7 Å². The van der Waals surface area contributed by atoms with E-state index in [-0.39, 0.29) is 29.8 Å². The van der Waals surface area contributed by atoms with Crippen LogP contribution in [0.25, 0.3) is 11.1 Å². The van der Waals surface area contributed by atoms with Gasteiger partial charge in [-0.3, -0.25) is 9.78 Å². The molecule has 1 aromatic carbocycles. The summed E-state index contributed by atoms with van der Waals surface area (Å²) in [5.41, 5.74) is -0.0930. The number of benzene rings is 1. The molecule has 3 aromatic rings. The minimum Gasteiger partial charge on any atom is -0.349 e. The summed E-state index contributed by atoms with van der Waals surface area (Å²) < 4.78 is 107. The second kappa shape index (κ2) is 10.3. The van der Waals surface area contributed by atoms with E-state index in [4.69, 9.17) is 0 Å². The third-order valence-electron chi connectivity index (χ3n) is 5.94. The first-order chi connectivity index (χ1) is 17.8. The molecule has 3 heterocycles. The van der Waals surface area contributed by atoms with E-state index < -0.39 is 62.4 Å². The fourth-order valence-corrected chi connectivity index (χ4v) is 5.93. The molecule has 202 valence electrons. The van der Waals surface area contributed by atoms with Gasteiger partial charge in [0.2, 0.25) is 21.8 Å². The van der Waals surface area contributed by atoms with Gasteiger partial charge in [-0.1, -0.05) is 0 Å². The van der Waals surface area contributed by atoms with Crippen molar-refractivity contribution in [2.45, 2.75) is 49.5 Å². The first-order valence-electron chi connectivity index (χ1n) is 11.1. The normalized spacial score (nSPS) is 18.5. The van der Waals surface area contributed by atoms with Gasteiger partial charge in [0.25, 0.3) is 0 Å². The van der Waals surface area contributed by atoms with Gasteiger partial charge < -0.3 is 5.32 Å². The molecule has 15 heteroatoms. The van der Waals surface area contributed by atoms with Crippen molar-refractivity contribution < 1.29 is 39.6 Å². The van der Waals surface area contributed by atoms with E-state index in [0.29, 0.717) is 18.6 Å². The molecule has 0 aliphatic carbocycles. The Kier molecular flexibility index (Phi) is 7.43. The predicted octanol–water partition coefficient (Wildman–Crippen LogP) is 3.83. The largest absolute Gasteiger partial charge is 0.451 e. The van der Waals surface area contributed by atoms with E-state index in [1.807, 2.05) is 0 Å². The highest BCUT2D eigenvalue weighted by Crippen LogP contribution is 2.32. The van der Waals surface area contributed by atoms with Crippen molar-refractivity contribution in [1.29, 1.82) is 0 Å². The minimum atomic E-state index is -4.77. The highest BCUT2D eigenvalue weighted by molar-refractivity contribution is 7.89. The molecule has 0 saturated carbocycles. The number of alkyl halides is 3. The van der Waals surface area contributed by atoms with Gasteiger partial charge >= 0.3 is 6.18 Å². The molecule has 4 rings (SSSR count). The Labute approximate surface area is 212 Å². The molecule has 1 aliphatic rings. The van der Waals surface area contributed by atoms with Crippen LogP contribution in [0.1, 0.15) is 31.3 Å². The number of hydrogen-bond acceptors (Lipinski definition) is 6. The Morgan fingerprint density at radius 1 is 1.00 bits per heavy atom. The van der Waals surface area contributed by atoms with Crippen molar-refractivity contribution in [2.75, 3.05) is 0 Å². The van der Waals surface area contributed by atoms with Crippen molar-refractivity contribution >= 4 is 15.9 Å². The van der Waals surface area contributed by atoms with E-state index >= 15 is 0 Å². The number of amides is 1. The van der Waals surface area contributed by atoms with Crippen LogP contribution in [-0.2, 0) is 27.5 Å². The van der Waals surface area contributed by atoms with Crippen LogP contribution in [0.2, 0.25) is 0 Å². The van der Waals surface area contributed by atoms with E-state index in [0.717, 1.165) is 29.0 Å². The molecule has 0 radical (unpaired) electrons. The zero-order valence-electron chi connectivity index (χ0n) is 19.5. The highest BCUT2D eigenvalue weighted by atomic mass is 32.2. The van der Waals surface area contributed by atoms with Gasteiger partial charge in [0.05, 0.1) is 23.3 Å². The molecular weight excluding hydrogens is 540 g/mol. The summed E-state index contributed by atoms with van der Waals surface area (Å²) in [5.74, 6) is -5.53. The van der Waals surface area contributed by atoms with Crippen LogP contribution >= 0.6 is 0 Å². The minimum absolute atomic E-state index is 0.0566. The van der Waals surface area contributed by atoms with Crippen LogP contribution in [0.15, 0.2) is 47.8 Å². The molecular formula is C23H19F6N5O3S. The van der Waals surface area contributed by atoms with Gasteiger partial charge in [-0.05, 0) is 44.0 Å². The summed E-state index contributed by atoms with van der Waals surface area (Å²) in [7, 11) is -4.36. The van der Waals surface area contributed by atoms with Gasteiger partial charge in [0.1, 0.15) is 11.9 Å². The van der Waals surface area contributed by atoms with Gasteiger partial charge in [0.15, 0.2) is 11.6 Å². The van der Waals surface area contributed by atoms with Crippen LogP contribution in [0.5, 0.6) is 0 Å². The van der Waals surface area contributed by atoms with Crippen molar-refractivity contribution in [3.8, 4) is 11.1 Å². The molecule has 1 fully saturated rings. The molecule has 38 heavy (non-hydrogen) atoms. The molecule has 1 amide bonds. The molecule has 1 saturated heterocycles. The first-order valence-corrected chi connectivity index (χ1v) is 12.5. The van der Waals surface area contributed by atoms with Gasteiger partial charge in [-0.15, -0.1) is 0 Å². The van der Waals surface area contributed by atoms with Crippen LogP contribution < -0.4 is 5.32 Å². The van der Waals surface area contributed by atoms with Crippen molar-refractivity contribution in [2.24, 2.45) is 0 Å². The molecule has 1 N–H and O–H groups in total. The third-order valence-corrected chi connectivity index (χ3v) is 7.96. The monoisotopic (exact) mass is 559 g/mol. The molecule has 0 bridgehead atoms. The number of halogens is 6. The van der Waals surface area contributed by atoms with E-state index in [2.05, 4.69) is 20.3 Å². The fraction of sp³-hybridized carbons (Fsp3) is 0.304. The quantitative estimate of drug-likeness (QED) is 0.461. The zero-order chi connectivity index (χ0) is 27.8. The Bertz CT molecular complexity index is 1470. The van der Waals surface area contributed by atoms with Crippen molar-refractivity contribution in [1.82, 2.24) is 24.6 Å². The number of nitrogens with zero attached hydrogens (tertiary/aromatic N) is 4. The van der Waals surface area contributed by atoms with E-state index in [1.165, 1.54) is 6.07 Å². The van der Waals surface area contributed by atoms with Gasteiger partial charge in [-0.2, -0.15) is 17.5 Å². The molecule has 2 atom stereocenters. The lowest BCUT2D eigenvalue weighted by molar-refractivity contribution is -0.145. The second-order valence-corrected chi connectivity index (χ2v) is 10.4. The molecule has 8 nitrogen and oxygen atoms in total. The van der Waals surface area contributed by atoms with Crippen LogP contribution in [0, 0.1) is 17.5 Å².